The molecule has 0 bridgehead atoms. The van der Waals surface area contributed by atoms with E-state index in [-0.39, 0.29) is 0 Å². The summed E-state index contributed by atoms with van der Waals surface area (Å²) < 4.78 is 0. The van der Waals surface area contributed by atoms with E-state index in [1.165, 1.54) is 25.7 Å². The lowest BCUT2D eigenvalue weighted by molar-refractivity contribution is 0.300. The molecule has 0 atom stereocenters. The van der Waals surface area contributed by atoms with E-state index in [9.17, 15) is 0 Å². The minimum absolute atomic E-state index is 0.708. The molecule has 1 aromatic rings. The van der Waals surface area contributed by atoms with Crippen molar-refractivity contribution >= 4 is 11.8 Å². The van der Waals surface area contributed by atoms with E-state index in [1.807, 2.05) is 13.0 Å². The highest BCUT2D eigenvalue weighted by atomic mass is 15.1. The number of anilines is 2. The highest BCUT2D eigenvalue weighted by molar-refractivity contribution is 5.39. The topological polar surface area (TPSA) is 49.8 Å². The van der Waals surface area contributed by atoms with Crippen LogP contribution in [0.4, 0.5) is 11.8 Å². The minimum atomic E-state index is 0.708. The van der Waals surface area contributed by atoms with Gasteiger partial charge in [-0.3, -0.25) is 0 Å². The van der Waals surface area contributed by atoms with Crippen LogP contribution in [0, 0.1) is 11.8 Å². The van der Waals surface area contributed by atoms with Crippen LogP contribution in [0.25, 0.3) is 0 Å². The molecule has 0 saturated heterocycles. The summed E-state index contributed by atoms with van der Waals surface area (Å²) >= 11 is 0. The van der Waals surface area contributed by atoms with Crippen LogP contribution >= 0.6 is 0 Å². The second-order valence-electron chi connectivity index (χ2n) is 5.30. The molecule has 0 amide bonds. The van der Waals surface area contributed by atoms with E-state index in [0.29, 0.717) is 5.95 Å². The molecule has 0 radical (unpaired) electrons. The van der Waals surface area contributed by atoms with Gasteiger partial charge in [0.05, 0.1) is 0 Å². The van der Waals surface area contributed by atoms with Gasteiger partial charge in [0.1, 0.15) is 5.82 Å². The summed E-state index contributed by atoms with van der Waals surface area (Å²) in [7, 11) is 0. The fraction of sp³-hybridized carbons (Fsp3) is 0.714. The Kier molecular flexibility index (Phi) is 4.79. The molecule has 0 aliphatic heterocycles. The first-order valence-electron chi connectivity index (χ1n) is 7.08. The van der Waals surface area contributed by atoms with Crippen molar-refractivity contribution in [3.63, 3.8) is 0 Å². The number of hydrogen-bond donors (Lipinski definition) is 2. The first-order chi connectivity index (χ1) is 8.78. The van der Waals surface area contributed by atoms with Crippen LogP contribution in [0.3, 0.4) is 0 Å². The summed E-state index contributed by atoms with van der Waals surface area (Å²) in [5, 5.41) is 6.57. The zero-order valence-corrected chi connectivity index (χ0v) is 11.4. The van der Waals surface area contributed by atoms with Crippen molar-refractivity contribution < 1.29 is 0 Å². The van der Waals surface area contributed by atoms with Crippen molar-refractivity contribution in [1.29, 1.82) is 0 Å². The van der Waals surface area contributed by atoms with Gasteiger partial charge in [0.25, 0.3) is 0 Å². The average Bonchev–Trinajstić information content (AvgIpc) is 2.39. The summed E-state index contributed by atoms with van der Waals surface area (Å²) in [6.45, 7) is 6.29. The zero-order chi connectivity index (χ0) is 12.8. The molecule has 0 unspecified atom stereocenters. The van der Waals surface area contributed by atoms with Gasteiger partial charge in [-0.05, 0) is 37.7 Å². The van der Waals surface area contributed by atoms with Crippen molar-refractivity contribution in [2.45, 2.75) is 39.5 Å². The van der Waals surface area contributed by atoms with Crippen LogP contribution in [0.2, 0.25) is 0 Å². The molecule has 18 heavy (non-hydrogen) atoms. The molecule has 1 heterocycles. The highest BCUT2D eigenvalue weighted by Crippen LogP contribution is 2.28. The Bertz CT molecular complexity index is 359. The van der Waals surface area contributed by atoms with Crippen LogP contribution < -0.4 is 10.6 Å². The van der Waals surface area contributed by atoms with E-state index in [4.69, 9.17) is 0 Å². The van der Waals surface area contributed by atoms with Gasteiger partial charge < -0.3 is 10.6 Å². The van der Waals surface area contributed by atoms with Gasteiger partial charge >= 0.3 is 0 Å². The third-order valence-corrected chi connectivity index (χ3v) is 3.70. The predicted molar refractivity (Wildman–Crippen MR) is 75.8 cm³/mol. The van der Waals surface area contributed by atoms with Gasteiger partial charge in [0.2, 0.25) is 5.95 Å². The van der Waals surface area contributed by atoms with Crippen molar-refractivity contribution in [2.75, 3.05) is 23.7 Å². The smallest absolute Gasteiger partial charge is 0.224 e. The molecule has 1 aromatic heterocycles. The molecule has 1 fully saturated rings. The molecule has 0 spiro atoms. The van der Waals surface area contributed by atoms with E-state index < -0.39 is 0 Å². The van der Waals surface area contributed by atoms with Gasteiger partial charge in [0, 0.05) is 19.3 Å². The lowest BCUT2D eigenvalue weighted by Crippen LogP contribution is -2.20. The minimum Gasteiger partial charge on any atom is -0.370 e. The Balaban J connectivity index is 1.80. The Morgan fingerprint density at radius 3 is 2.72 bits per heavy atom. The second-order valence-corrected chi connectivity index (χ2v) is 5.30. The fourth-order valence-corrected chi connectivity index (χ4v) is 2.48. The van der Waals surface area contributed by atoms with E-state index in [0.717, 1.165) is 30.7 Å². The van der Waals surface area contributed by atoms with E-state index in [2.05, 4.69) is 27.5 Å². The average molecular weight is 248 g/mol. The Labute approximate surface area is 110 Å². The number of aromatic nitrogens is 2. The maximum Gasteiger partial charge on any atom is 0.224 e. The quantitative estimate of drug-likeness (QED) is 0.840. The van der Waals surface area contributed by atoms with Gasteiger partial charge in [-0.1, -0.05) is 19.8 Å². The predicted octanol–water partition coefficient (Wildman–Crippen LogP) is 3.15. The molecule has 2 N–H and O–H groups in total. The fourth-order valence-electron chi connectivity index (χ4n) is 2.48. The summed E-state index contributed by atoms with van der Waals surface area (Å²) in [4.78, 5) is 8.60. The lowest BCUT2D eigenvalue weighted by Gasteiger charge is -2.26. The van der Waals surface area contributed by atoms with Gasteiger partial charge in [0.15, 0.2) is 0 Å². The number of hydrogen-bond acceptors (Lipinski definition) is 4. The number of nitrogens with one attached hydrogen (secondary N) is 2. The summed E-state index contributed by atoms with van der Waals surface area (Å²) in [6.07, 6.45) is 7.24. The molecule has 4 nitrogen and oxygen atoms in total. The van der Waals surface area contributed by atoms with E-state index >= 15 is 0 Å². The molecular formula is C14H24N4. The molecule has 100 valence electrons. The molecule has 4 heteroatoms. The van der Waals surface area contributed by atoms with Crippen LogP contribution in [0.15, 0.2) is 12.3 Å². The van der Waals surface area contributed by atoms with Crippen LogP contribution in [-0.2, 0) is 0 Å². The first-order valence-corrected chi connectivity index (χ1v) is 7.08. The van der Waals surface area contributed by atoms with Crippen molar-refractivity contribution in [3.05, 3.63) is 12.3 Å². The maximum absolute atomic E-state index is 4.43. The maximum atomic E-state index is 4.43. The first kappa shape index (κ1) is 13.1. The van der Waals surface area contributed by atoms with Crippen molar-refractivity contribution in [3.8, 4) is 0 Å². The molecule has 1 aliphatic carbocycles. The number of nitrogens with zero attached hydrogens (tertiary/aromatic N) is 2. The Hall–Kier alpha value is -1.32. The Morgan fingerprint density at radius 2 is 2.00 bits per heavy atom. The SMILES string of the molecule is CCNc1nccc(NCC2CCC(C)CC2)n1. The van der Waals surface area contributed by atoms with Gasteiger partial charge in [-0.15, -0.1) is 0 Å². The zero-order valence-electron chi connectivity index (χ0n) is 11.4. The molecule has 0 aromatic carbocycles. The van der Waals surface area contributed by atoms with Crippen molar-refractivity contribution in [1.82, 2.24) is 9.97 Å². The standard InChI is InChI=1S/C14H24N4/c1-3-15-14-16-9-8-13(18-14)17-10-12-6-4-11(2)5-7-12/h8-9,11-12H,3-7,10H2,1-2H3,(H2,15,16,17,18). The summed E-state index contributed by atoms with van der Waals surface area (Å²) in [5.74, 6) is 3.36. The normalized spacial score (nSPS) is 23.7. The third kappa shape index (κ3) is 3.86. The third-order valence-electron chi connectivity index (χ3n) is 3.70. The van der Waals surface area contributed by atoms with Gasteiger partial charge in [-0.25, -0.2) is 4.98 Å². The summed E-state index contributed by atoms with van der Waals surface area (Å²) in [5.41, 5.74) is 0. The van der Waals surface area contributed by atoms with Crippen LogP contribution in [0.5, 0.6) is 0 Å². The second kappa shape index (κ2) is 6.57. The van der Waals surface area contributed by atoms with Crippen LogP contribution in [-0.4, -0.2) is 23.1 Å². The monoisotopic (exact) mass is 248 g/mol. The van der Waals surface area contributed by atoms with Gasteiger partial charge in [-0.2, -0.15) is 4.98 Å². The van der Waals surface area contributed by atoms with E-state index in [1.54, 1.807) is 6.20 Å². The molecule has 1 aliphatic rings. The largest absolute Gasteiger partial charge is 0.370 e. The molecular weight excluding hydrogens is 224 g/mol. The molecule has 1 saturated carbocycles. The Morgan fingerprint density at radius 1 is 1.22 bits per heavy atom. The van der Waals surface area contributed by atoms with Crippen LogP contribution in [0.1, 0.15) is 39.5 Å². The molecule has 2 rings (SSSR count). The number of rotatable bonds is 5. The summed E-state index contributed by atoms with van der Waals surface area (Å²) in [6, 6.07) is 1.94. The van der Waals surface area contributed by atoms with Crippen molar-refractivity contribution in [2.24, 2.45) is 11.8 Å². The lowest BCUT2D eigenvalue weighted by atomic mass is 9.83. The highest BCUT2D eigenvalue weighted by Gasteiger charge is 2.17.